The molecule has 0 aromatic carbocycles. The van der Waals surface area contributed by atoms with Crippen LogP contribution in [0.25, 0.3) is 0 Å². The lowest BCUT2D eigenvalue weighted by molar-refractivity contribution is 0.174. The van der Waals surface area contributed by atoms with Crippen LogP contribution < -0.4 is 0 Å². The first-order chi connectivity index (χ1) is 9.88. The molecule has 0 bridgehead atoms. The Kier molecular flexibility index (Phi) is 10.4. The summed E-state index contributed by atoms with van der Waals surface area (Å²) in [6.07, 6.45) is 4.85. The fourth-order valence-electron chi connectivity index (χ4n) is 2.13. The fraction of sp³-hybridized carbons (Fsp3) is 0.750. The molecule has 0 aliphatic heterocycles. The Balaban J connectivity index is 4.64. The smallest absolute Gasteiger partial charge is 0.352 e. The van der Waals surface area contributed by atoms with Crippen molar-refractivity contribution in [3.63, 3.8) is 0 Å². The molecule has 0 N–H and O–H groups in total. The van der Waals surface area contributed by atoms with E-state index in [-0.39, 0.29) is 0 Å². The van der Waals surface area contributed by atoms with Crippen LogP contribution in [0.5, 0.6) is 0 Å². The van der Waals surface area contributed by atoms with Crippen molar-refractivity contribution in [3.05, 3.63) is 24.6 Å². The van der Waals surface area contributed by atoms with Gasteiger partial charge in [0.2, 0.25) is 0 Å². The van der Waals surface area contributed by atoms with E-state index in [0.29, 0.717) is 12.5 Å². The Morgan fingerprint density at radius 3 is 2.00 bits per heavy atom. The van der Waals surface area contributed by atoms with Crippen molar-refractivity contribution in [2.75, 3.05) is 13.2 Å². The van der Waals surface area contributed by atoms with Gasteiger partial charge in [-0.25, -0.2) is 0 Å². The van der Waals surface area contributed by atoms with Gasteiger partial charge < -0.3 is 13.0 Å². The van der Waals surface area contributed by atoms with E-state index in [2.05, 4.69) is 27.0 Å². The van der Waals surface area contributed by atoms with Crippen LogP contribution in [0.3, 0.4) is 0 Å². The largest absolute Gasteiger partial charge is 0.409 e. The summed E-state index contributed by atoms with van der Waals surface area (Å²) in [6, 6.07) is 0. The molecular weight excluding hydrogens is 296 g/mol. The minimum Gasteiger partial charge on any atom is -0.409 e. The molecule has 0 saturated heterocycles. The number of unbranched alkanes of at least 4 members (excludes halogenated alkanes) is 1. The molecule has 0 saturated carbocycles. The Morgan fingerprint density at radius 1 is 1.00 bits per heavy atom. The quantitative estimate of drug-likeness (QED) is 0.451. The molecule has 5 heteroatoms. The highest BCUT2D eigenvalue weighted by Crippen LogP contribution is 2.21. The summed E-state index contributed by atoms with van der Waals surface area (Å²) in [5.41, 5.74) is 3.68. The highest BCUT2D eigenvalue weighted by Gasteiger charge is 2.39. The molecule has 3 nitrogen and oxygen atoms in total. The average molecular weight is 331 g/mol. The monoisotopic (exact) mass is 330 g/mol. The highest BCUT2D eigenvalue weighted by molar-refractivity contribution is 6.84. The van der Waals surface area contributed by atoms with Gasteiger partial charge in [-0.05, 0) is 32.4 Å². The maximum absolute atomic E-state index is 6.26. The summed E-state index contributed by atoms with van der Waals surface area (Å²) in [7, 11) is -4.76. The van der Waals surface area contributed by atoms with Gasteiger partial charge in [0.25, 0.3) is 0 Å². The number of hydrogen-bond acceptors (Lipinski definition) is 3. The van der Waals surface area contributed by atoms with Crippen molar-refractivity contribution < 1.29 is 13.0 Å². The molecule has 0 aliphatic rings. The normalized spacial score (nSPS) is 18.5. The zero-order chi connectivity index (χ0) is 16.4. The number of hydrogen-bond donors (Lipinski definition) is 0. The molecule has 3 unspecified atom stereocenters. The predicted molar refractivity (Wildman–Crippen MR) is 95.6 cm³/mol. The predicted octanol–water partition coefficient (Wildman–Crippen LogP) is 4.87. The second kappa shape index (κ2) is 10.5. The SMILES string of the molecule is C=C[Si](C)(OCC)O[Si](C)(C=C)OCC(CC)CCCC. The van der Waals surface area contributed by atoms with Gasteiger partial charge in [-0.3, -0.25) is 0 Å². The van der Waals surface area contributed by atoms with Gasteiger partial charge in [-0.15, -0.1) is 13.2 Å². The summed E-state index contributed by atoms with van der Waals surface area (Å²) < 4.78 is 18.2. The third-order valence-electron chi connectivity index (χ3n) is 3.73. The third-order valence-corrected chi connectivity index (χ3v) is 10.1. The maximum Gasteiger partial charge on any atom is 0.352 e. The van der Waals surface area contributed by atoms with Crippen LogP contribution in [-0.4, -0.2) is 30.3 Å². The molecule has 0 aromatic heterocycles. The molecule has 0 amide bonds. The topological polar surface area (TPSA) is 27.7 Å². The molecular formula is C16H34O3Si2. The van der Waals surface area contributed by atoms with Crippen LogP contribution in [-0.2, 0) is 13.0 Å². The summed E-state index contributed by atoms with van der Waals surface area (Å²) in [5, 5.41) is 0. The van der Waals surface area contributed by atoms with E-state index in [9.17, 15) is 0 Å². The molecule has 124 valence electrons. The lowest BCUT2D eigenvalue weighted by Gasteiger charge is -2.34. The standard InChI is InChI=1S/C16H34O3Si2/c1-8-13-14-16(9-2)15-18-21(7,12-5)19-20(6,11-4)17-10-3/h11-12,16H,4-5,8-10,13-15H2,1-3,6-7H3. The van der Waals surface area contributed by atoms with Crippen molar-refractivity contribution in [1.82, 2.24) is 0 Å². The fourth-order valence-corrected chi connectivity index (χ4v) is 7.86. The van der Waals surface area contributed by atoms with E-state index in [1.165, 1.54) is 19.3 Å². The van der Waals surface area contributed by atoms with Gasteiger partial charge in [0.15, 0.2) is 0 Å². The van der Waals surface area contributed by atoms with Crippen LogP contribution in [0.1, 0.15) is 46.5 Å². The average Bonchev–Trinajstić information content (AvgIpc) is 2.47. The minimum atomic E-state index is -2.41. The maximum atomic E-state index is 6.26. The zero-order valence-electron chi connectivity index (χ0n) is 14.6. The van der Waals surface area contributed by atoms with E-state index in [4.69, 9.17) is 13.0 Å². The van der Waals surface area contributed by atoms with Crippen LogP contribution in [0, 0.1) is 5.92 Å². The molecule has 0 rings (SSSR count). The molecule has 3 atom stereocenters. The summed E-state index contributed by atoms with van der Waals surface area (Å²) in [4.78, 5) is 0. The van der Waals surface area contributed by atoms with Crippen LogP contribution in [0.2, 0.25) is 13.1 Å². The van der Waals surface area contributed by atoms with Gasteiger partial charge in [0.05, 0.1) is 0 Å². The van der Waals surface area contributed by atoms with Crippen molar-refractivity contribution in [2.45, 2.75) is 59.5 Å². The first-order valence-electron chi connectivity index (χ1n) is 8.13. The second-order valence-electron chi connectivity index (χ2n) is 5.70. The summed E-state index contributed by atoms with van der Waals surface area (Å²) >= 11 is 0. The van der Waals surface area contributed by atoms with Crippen molar-refractivity contribution >= 4 is 17.1 Å². The van der Waals surface area contributed by atoms with E-state index in [1.807, 2.05) is 31.4 Å². The van der Waals surface area contributed by atoms with E-state index in [1.54, 1.807) is 0 Å². The van der Waals surface area contributed by atoms with E-state index >= 15 is 0 Å². The Hall–Kier alpha value is -0.206. The highest BCUT2D eigenvalue weighted by atomic mass is 28.5. The first-order valence-corrected chi connectivity index (χ1v) is 12.9. The summed E-state index contributed by atoms with van der Waals surface area (Å²) in [6.45, 7) is 19.6. The molecule has 21 heavy (non-hydrogen) atoms. The van der Waals surface area contributed by atoms with Gasteiger partial charge in [-0.2, -0.15) is 0 Å². The lowest BCUT2D eigenvalue weighted by atomic mass is 10.0. The van der Waals surface area contributed by atoms with Crippen molar-refractivity contribution in [3.8, 4) is 0 Å². The Bertz CT molecular complexity index is 312. The van der Waals surface area contributed by atoms with Gasteiger partial charge >= 0.3 is 17.1 Å². The van der Waals surface area contributed by atoms with Crippen LogP contribution >= 0.6 is 0 Å². The van der Waals surface area contributed by atoms with Crippen LogP contribution in [0.4, 0.5) is 0 Å². The third kappa shape index (κ3) is 8.11. The van der Waals surface area contributed by atoms with Crippen LogP contribution in [0.15, 0.2) is 24.6 Å². The second-order valence-corrected chi connectivity index (χ2v) is 12.0. The summed E-state index contributed by atoms with van der Waals surface area (Å²) in [5.74, 6) is 0.601. The van der Waals surface area contributed by atoms with Gasteiger partial charge in [-0.1, -0.05) is 44.5 Å². The van der Waals surface area contributed by atoms with Gasteiger partial charge in [0.1, 0.15) is 0 Å². The molecule has 0 radical (unpaired) electrons. The first kappa shape index (κ1) is 20.8. The number of rotatable bonds is 13. The molecule has 0 aromatic rings. The molecule has 0 spiro atoms. The molecule has 0 aliphatic carbocycles. The van der Waals surface area contributed by atoms with Crippen molar-refractivity contribution in [1.29, 1.82) is 0 Å². The Morgan fingerprint density at radius 2 is 1.57 bits per heavy atom. The molecule has 0 fully saturated rings. The zero-order valence-corrected chi connectivity index (χ0v) is 16.6. The lowest BCUT2D eigenvalue weighted by Crippen LogP contribution is -2.50. The van der Waals surface area contributed by atoms with Gasteiger partial charge in [0, 0.05) is 13.2 Å². The van der Waals surface area contributed by atoms with Crippen molar-refractivity contribution in [2.24, 2.45) is 5.92 Å². The minimum absolute atomic E-state index is 0.601. The van der Waals surface area contributed by atoms with E-state index < -0.39 is 17.1 Å². The molecule has 0 heterocycles. The Labute approximate surface area is 133 Å². The van der Waals surface area contributed by atoms with E-state index in [0.717, 1.165) is 13.0 Å².